The third kappa shape index (κ3) is 4.88. The van der Waals surface area contributed by atoms with E-state index < -0.39 is 35.1 Å². The van der Waals surface area contributed by atoms with Crippen molar-refractivity contribution < 1.29 is 33.4 Å². The molecule has 0 fully saturated rings. The predicted molar refractivity (Wildman–Crippen MR) is 113 cm³/mol. The molecule has 0 unspecified atom stereocenters. The lowest BCUT2D eigenvalue weighted by molar-refractivity contribution is -0.153. The molecular weight excluding hydrogens is 422 g/mol. The molecule has 31 heavy (non-hydrogen) atoms. The van der Waals surface area contributed by atoms with Crippen LogP contribution in [-0.4, -0.2) is 37.0 Å². The van der Waals surface area contributed by atoms with Gasteiger partial charge in [-0.15, -0.1) is 11.8 Å². The Hall–Kier alpha value is -3.33. The first-order chi connectivity index (χ1) is 14.7. The van der Waals surface area contributed by atoms with Gasteiger partial charge in [0.1, 0.15) is 11.5 Å². The topological polar surface area (TPSA) is 99.2 Å². The number of rotatable bonds is 4. The summed E-state index contributed by atoms with van der Waals surface area (Å²) in [6, 6.07) is 11.6. The molecule has 9 heteroatoms. The van der Waals surface area contributed by atoms with Gasteiger partial charge < -0.3 is 14.2 Å². The van der Waals surface area contributed by atoms with Crippen LogP contribution in [0.2, 0.25) is 0 Å². The number of thioether (sulfide) groups is 1. The summed E-state index contributed by atoms with van der Waals surface area (Å²) in [6.07, 6.45) is -1.25. The summed E-state index contributed by atoms with van der Waals surface area (Å²) >= 11 is 1.24. The Morgan fingerprint density at radius 3 is 2.13 bits per heavy atom. The third-order valence-electron chi connectivity index (χ3n) is 4.48. The van der Waals surface area contributed by atoms with E-state index >= 15 is 0 Å². The molecule has 0 saturated carbocycles. The van der Waals surface area contributed by atoms with Crippen LogP contribution < -0.4 is 14.4 Å². The van der Waals surface area contributed by atoms with E-state index in [0.29, 0.717) is 21.9 Å². The molecule has 0 N–H and O–H groups in total. The van der Waals surface area contributed by atoms with Crippen molar-refractivity contribution in [1.29, 1.82) is 0 Å². The number of nitrogens with zero attached hydrogens (tertiary/aromatic N) is 1. The molecule has 0 aromatic heterocycles. The van der Waals surface area contributed by atoms with E-state index in [9.17, 15) is 19.2 Å². The average molecular weight is 443 g/mol. The minimum atomic E-state index is -1.25. The number of esters is 2. The van der Waals surface area contributed by atoms with Gasteiger partial charge in [0.15, 0.2) is 6.10 Å². The molecular formula is C22H21NO7S. The maximum atomic E-state index is 13.4. The molecule has 2 amide bonds. The van der Waals surface area contributed by atoms with Crippen molar-refractivity contribution in [2.45, 2.75) is 37.0 Å². The second-order valence-corrected chi connectivity index (χ2v) is 7.94. The van der Waals surface area contributed by atoms with Crippen LogP contribution in [-0.2, 0) is 23.9 Å². The smallest absolute Gasteiger partial charge is 0.308 e. The number of carbonyl (C=O) groups is 4. The Morgan fingerprint density at radius 1 is 0.935 bits per heavy atom. The summed E-state index contributed by atoms with van der Waals surface area (Å²) < 4.78 is 15.7. The minimum Gasteiger partial charge on any atom is -0.497 e. The highest BCUT2D eigenvalue weighted by Crippen LogP contribution is 2.48. The Labute approximate surface area is 183 Å². The summed E-state index contributed by atoms with van der Waals surface area (Å²) in [4.78, 5) is 50.5. The summed E-state index contributed by atoms with van der Waals surface area (Å²) in [5.41, 5.74) is 1.02. The van der Waals surface area contributed by atoms with Gasteiger partial charge >= 0.3 is 11.9 Å². The van der Waals surface area contributed by atoms with E-state index in [2.05, 4.69) is 0 Å². The van der Waals surface area contributed by atoms with Crippen LogP contribution in [0.1, 0.15) is 31.6 Å². The summed E-state index contributed by atoms with van der Waals surface area (Å²) in [7, 11) is 1.54. The van der Waals surface area contributed by atoms with Gasteiger partial charge in [0.25, 0.3) is 5.91 Å². The summed E-state index contributed by atoms with van der Waals surface area (Å²) in [5, 5.41) is -0.655. The number of hydrogen-bond donors (Lipinski definition) is 0. The zero-order valence-corrected chi connectivity index (χ0v) is 18.2. The maximum absolute atomic E-state index is 13.4. The second kappa shape index (κ2) is 9.22. The van der Waals surface area contributed by atoms with Crippen molar-refractivity contribution in [2.75, 3.05) is 12.0 Å². The molecule has 1 heterocycles. The van der Waals surface area contributed by atoms with Crippen molar-refractivity contribution in [3.63, 3.8) is 0 Å². The molecule has 0 radical (unpaired) electrons. The fourth-order valence-electron chi connectivity index (χ4n) is 3.23. The Bertz CT molecular complexity index is 1030. The van der Waals surface area contributed by atoms with Crippen LogP contribution in [0.5, 0.6) is 11.5 Å². The normalized spacial score (nSPS) is 17.9. The van der Waals surface area contributed by atoms with Crippen LogP contribution in [0.3, 0.4) is 0 Å². The van der Waals surface area contributed by atoms with Crippen LogP contribution >= 0.6 is 11.8 Å². The Morgan fingerprint density at radius 2 is 1.58 bits per heavy atom. The number of anilines is 1. The first kappa shape index (κ1) is 22.4. The highest BCUT2D eigenvalue weighted by molar-refractivity contribution is 7.99. The lowest BCUT2D eigenvalue weighted by Crippen LogP contribution is -2.45. The van der Waals surface area contributed by atoms with Crippen LogP contribution in [0.4, 0.5) is 5.69 Å². The van der Waals surface area contributed by atoms with Gasteiger partial charge in [-0.25, -0.2) is 4.90 Å². The molecule has 0 bridgehead atoms. The molecule has 2 aromatic carbocycles. The van der Waals surface area contributed by atoms with Gasteiger partial charge in [-0.3, -0.25) is 19.2 Å². The molecule has 0 saturated heterocycles. The molecule has 0 aliphatic carbocycles. The van der Waals surface area contributed by atoms with Gasteiger partial charge in [0.2, 0.25) is 5.91 Å². The number of ether oxygens (including phenoxy) is 3. The van der Waals surface area contributed by atoms with Gasteiger partial charge in [0.05, 0.1) is 18.0 Å². The quantitative estimate of drug-likeness (QED) is 0.524. The van der Waals surface area contributed by atoms with Crippen molar-refractivity contribution in [1.82, 2.24) is 0 Å². The molecule has 162 valence electrons. The monoisotopic (exact) mass is 443 g/mol. The van der Waals surface area contributed by atoms with Crippen LogP contribution in [0.15, 0.2) is 47.4 Å². The first-order valence-corrected chi connectivity index (χ1v) is 10.2. The number of imide groups is 1. The van der Waals surface area contributed by atoms with E-state index in [1.165, 1.54) is 51.8 Å². The molecule has 1 aliphatic heterocycles. The molecule has 2 atom stereocenters. The van der Waals surface area contributed by atoms with Gasteiger partial charge in [-0.1, -0.05) is 12.1 Å². The van der Waals surface area contributed by atoms with E-state index in [-0.39, 0.29) is 5.75 Å². The Balaban J connectivity index is 2.16. The van der Waals surface area contributed by atoms with E-state index in [1.807, 2.05) is 0 Å². The maximum Gasteiger partial charge on any atom is 0.308 e. The summed E-state index contributed by atoms with van der Waals surface area (Å²) in [6.45, 7) is 3.74. The van der Waals surface area contributed by atoms with Gasteiger partial charge in [-0.05, 0) is 35.9 Å². The zero-order chi connectivity index (χ0) is 22.7. The highest BCUT2D eigenvalue weighted by Gasteiger charge is 2.42. The minimum absolute atomic E-state index is 0.272. The highest BCUT2D eigenvalue weighted by atomic mass is 32.2. The van der Waals surface area contributed by atoms with Crippen LogP contribution in [0, 0.1) is 0 Å². The second-order valence-electron chi connectivity index (χ2n) is 6.76. The average Bonchev–Trinajstić information content (AvgIpc) is 2.82. The van der Waals surface area contributed by atoms with Gasteiger partial charge in [0, 0.05) is 25.7 Å². The summed E-state index contributed by atoms with van der Waals surface area (Å²) in [5.74, 6) is -1.43. The standard InChI is InChI=1S/C22H21NO7S/c1-12(24)23-18-10-9-17(29-13(2)25)11-19(18)31-21(20(22(23)27)30-14(3)26)15-5-7-16(28-4)8-6-15/h5-11,20-21H,1-4H3/t20-,21+/m1/s1. The van der Waals surface area contributed by atoms with Gasteiger partial charge in [-0.2, -0.15) is 0 Å². The van der Waals surface area contributed by atoms with Crippen molar-refractivity contribution in [3.8, 4) is 11.5 Å². The molecule has 2 aromatic rings. The zero-order valence-electron chi connectivity index (χ0n) is 17.4. The lowest BCUT2D eigenvalue weighted by Gasteiger charge is -2.25. The lowest BCUT2D eigenvalue weighted by atomic mass is 10.1. The van der Waals surface area contributed by atoms with Crippen LogP contribution in [0.25, 0.3) is 0 Å². The predicted octanol–water partition coefficient (Wildman–Crippen LogP) is 3.28. The van der Waals surface area contributed by atoms with E-state index in [0.717, 1.165) is 4.90 Å². The van der Waals surface area contributed by atoms with Crippen molar-refractivity contribution in [3.05, 3.63) is 48.0 Å². The number of methoxy groups -OCH3 is 1. The van der Waals surface area contributed by atoms with Crippen molar-refractivity contribution >= 4 is 41.2 Å². The molecule has 8 nitrogen and oxygen atoms in total. The Kier molecular flexibility index (Phi) is 6.65. The number of hydrogen-bond acceptors (Lipinski definition) is 8. The van der Waals surface area contributed by atoms with E-state index in [4.69, 9.17) is 14.2 Å². The molecule has 1 aliphatic rings. The first-order valence-electron chi connectivity index (χ1n) is 9.36. The fourth-order valence-corrected chi connectivity index (χ4v) is 4.56. The number of carbonyl (C=O) groups excluding carboxylic acids is 4. The third-order valence-corrected chi connectivity index (χ3v) is 5.83. The van der Waals surface area contributed by atoms with Crippen molar-refractivity contribution in [2.24, 2.45) is 0 Å². The number of amides is 2. The molecule has 3 rings (SSSR count). The fraction of sp³-hybridized carbons (Fsp3) is 0.273. The number of fused-ring (bicyclic) bond motifs is 1. The van der Waals surface area contributed by atoms with E-state index in [1.54, 1.807) is 30.3 Å². The molecule has 0 spiro atoms. The number of benzene rings is 2. The largest absolute Gasteiger partial charge is 0.497 e. The SMILES string of the molecule is COc1ccc([C@@H]2Sc3cc(OC(C)=O)ccc3N(C(C)=O)C(=O)[C@@H]2OC(C)=O)cc1.